The number of nitrogens with zero attached hydrogens (tertiary/aromatic N) is 4. The molecule has 1 fully saturated rings. The van der Waals surface area contributed by atoms with E-state index in [1.807, 2.05) is 48.7 Å². The number of benzene rings is 2. The van der Waals surface area contributed by atoms with Crippen LogP contribution >= 0.6 is 12.4 Å². The van der Waals surface area contributed by atoms with Crippen LogP contribution < -0.4 is 5.56 Å². The van der Waals surface area contributed by atoms with Crippen LogP contribution in [0.15, 0.2) is 121 Å². The lowest BCUT2D eigenvalue weighted by Crippen LogP contribution is -2.33. The average Bonchev–Trinajstić information content (AvgIpc) is 3.53. The standard InChI is InChI=1S/C35H31N5O.ClH/c41-35-31-22-30(26-6-2-1-3-7-26)34(38-33(31)13-18-37-35)27-11-9-25(10-12-27)23-39-19-15-29(16-20-39)40-21-14-28(24-40)32-8-4-5-17-36-32;/h1-14,17-18,21-22,24,29H,15-16,19-20,23H2,(H,37,41);1H. The van der Waals surface area contributed by atoms with Crippen LogP contribution in [-0.4, -0.2) is 37.5 Å². The average molecular weight is 574 g/mol. The van der Waals surface area contributed by atoms with E-state index < -0.39 is 0 Å². The van der Waals surface area contributed by atoms with E-state index in [0.29, 0.717) is 16.9 Å². The van der Waals surface area contributed by atoms with Crippen LogP contribution in [0.4, 0.5) is 0 Å². The van der Waals surface area contributed by atoms with Crippen molar-refractivity contribution in [3.05, 3.63) is 132 Å². The molecule has 7 rings (SSSR count). The lowest BCUT2D eigenvalue weighted by atomic mass is 9.97. The van der Waals surface area contributed by atoms with E-state index in [1.54, 1.807) is 6.20 Å². The molecule has 0 atom stereocenters. The van der Waals surface area contributed by atoms with Crippen LogP contribution in [0, 0.1) is 0 Å². The van der Waals surface area contributed by atoms with E-state index >= 15 is 0 Å². The second-order valence-electron chi connectivity index (χ2n) is 10.8. The van der Waals surface area contributed by atoms with Gasteiger partial charge in [0, 0.05) is 67.2 Å². The number of halogens is 1. The van der Waals surface area contributed by atoms with Crippen LogP contribution in [0.3, 0.4) is 0 Å². The fourth-order valence-corrected chi connectivity index (χ4v) is 5.90. The summed E-state index contributed by atoms with van der Waals surface area (Å²) in [6.07, 6.45) is 10.2. The number of likely N-dealkylation sites (tertiary alicyclic amines) is 1. The number of hydrogen-bond acceptors (Lipinski definition) is 4. The van der Waals surface area contributed by atoms with Gasteiger partial charge in [0.1, 0.15) is 0 Å². The number of aromatic amines is 1. The van der Waals surface area contributed by atoms with Gasteiger partial charge in [-0.05, 0) is 54.3 Å². The Balaban J connectivity index is 0.00000316. The molecular weight excluding hydrogens is 542 g/mol. The molecule has 5 heterocycles. The van der Waals surface area contributed by atoms with Crippen molar-refractivity contribution < 1.29 is 0 Å². The maximum absolute atomic E-state index is 12.5. The zero-order valence-corrected chi connectivity index (χ0v) is 24.0. The molecule has 0 spiro atoms. The highest BCUT2D eigenvalue weighted by Crippen LogP contribution is 2.33. The van der Waals surface area contributed by atoms with Crippen molar-refractivity contribution in [1.29, 1.82) is 0 Å². The fraction of sp³-hybridized carbons (Fsp3) is 0.171. The van der Waals surface area contributed by atoms with E-state index in [9.17, 15) is 4.79 Å². The smallest absolute Gasteiger partial charge is 0.257 e. The second kappa shape index (κ2) is 12.1. The lowest BCUT2D eigenvalue weighted by molar-refractivity contribution is 0.180. The van der Waals surface area contributed by atoms with Crippen LogP contribution in [0.1, 0.15) is 24.4 Å². The van der Waals surface area contributed by atoms with Crippen molar-refractivity contribution in [2.24, 2.45) is 0 Å². The van der Waals surface area contributed by atoms with E-state index in [4.69, 9.17) is 4.98 Å². The highest BCUT2D eigenvalue weighted by atomic mass is 35.5. The van der Waals surface area contributed by atoms with Gasteiger partial charge in [0.15, 0.2) is 0 Å². The molecule has 1 N–H and O–H groups in total. The molecule has 1 aliphatic rings. The summed E-state index contributed by atoms with van der Waals surface area (Å²) in [6.45, 7) is 3.08. The summed E-state index contributed by atoms with van der Waals surface area (Å²) >= 11 is 0. The quantitative estimate of drug-likeness (QED) is 0.226. The number of rotatable bonds is 6. The zero-order valence-electron chi connectivity index (χ0n) is 23.2. The van der Waals surface area contributed by atoms with Gasteiger partial charge in [-0.15, -0.1) is 12.4 Å². The molecule has 1 aliphatic heterocycles. The molecule has 0 bridgehead atoms. The first kappa shape index (κ1) is 27.6. The van der Waals surface area contributed by atoms with Gasteiger partial charge in [-0.1, -0.05) is 60.7 Å². The van der Waals surface area contributed by atoms with Gasteiger partial charge in [-0.3, -0.25) is 14.7 Å². The predicted molar refractivity (Wildman–Crippen MR) is 172 cm³/mol. The largest absolute Gasteiger partial charge is 0.350 e. The summed E-state index contributed by atoms with van der Waals surface area (Å²) in [6, 6.07) is 31.5. The van der Waals surface area contributed by atoms with Gasteiger partial charge in [0.05, 0.1) is 22.3 Å². The Morgan fingerprint density at radius 2 is 1.62 bits per heavy atom. The summed E-state index contributed by atoms with van der Waals surface area (Å²) in [5, 5.41) is 0.600. The van der Waals surface area contributed by atoms with Crippen LogP contribution in [0.25, 0.3) is 44.5 Å². The normalized spacial score (nSPS) is 14.1. The highest BCUT2D eigenvalue weighted by molar-refractivity contribution is 5.91. The summed E-state index contributed by atoms with van der Waals surface area (Å²) in [4.78, 5) is 27.3. The molecule has 210 valence electrons. The monoisotopic (exact) mass is 573 g/mol. The first-order valence-electron chi connectivity index (χ1n) is 14.2. The third kappa shape index (κ3) is 5.64. The Labute approximate surface area is 251 Å². The highest BCUT2D eigenvalue weighted by Gasteiger charge is 2.21. The minimum atomic E-state index is -0.122. The number of pyridine rings is 3. The molecule has 0 unspecified atom stereocenters. The van der Waals surface area contributed by atoms with Crippen molar-refractivity contribution in [2.45, 2.75) is 25.4 Å². The van der Waals surface area contributed by atoms with E-state index in [2.05, 4.69) is 80.4 Å². The van der Waals surface area contributed by atoms with Gasteiger partial charge in [0.2, 0.25) is 0 Å². The van der Waals surface area contributed by atoms with Gasteiger partial charge in [-0.25, -0.2) is 4.98 Å². The third-order valence-corrected chi connectivity index (χ3v) is 8.12. The molecule has 0 amide bonds. The Hall–Kier alpha value is -4.52. The van der Waals surface area contributed by atoms with E-state index in [-0.39, 0.29) is 18.0 Å². The topological polar surface area (TPSA) is 66.8 Å². The molecule has 1 saturated heterocycles. The first-order valence-corrected chi connectivity index (χ1v) is 14.2. The fourth-order valence-electron chi connectivity index (χ4n) is 5.90. The lowest BCUT2D eigenvalue weighted by Gasteiger charge is -2.32. The Morgan fingerprint density at radius 3 is 2.38 bits per heavy atom. The van der Waals surface area contributed by atoms with Gasteiger partial charge < -0.3 is 9.55 Å². The number of hydrogen-bond donors (Lipinski definition) is 1. The Morgan fingerprint density at radius 1 is 0.833 bits per heavy atom. The number of aromatic nitrogens is 4. The number of piperidine rings is 1. The van der Waals surface area contributed by atoms with E-state index in [1.165, 1.54) is 11.1 Å². The summed E-state index contributed by atoms with van der Waals surface area (Å²) in [5.41, 5.74) is 8.01. The second-order valence-corrected chi connectivity index (χ2v) is 10.8. The first-order chi connectivity index (χ1) is 20.2. The minimum absolute atomic E-state index is 0. The number of fused-ring (bicyclic) bond motifs is 1. The van der Waals surface area contributed by atoms with E-state index in [0.717, 1.165) is 60.6 Å². The van der Waals surface area contributed by atoms with Crippen LogP contribution in [-0.2, 0) is 6.54 Å². The molecule has 6 aromatic rings. The Bertz CT molecular complexity index is 1840. The molecule has 0 radical (unpaired) electrons. The Kier molecular flexibility index (Phi) is 8.00. The molecule has 2 aromatic carbocycles. The third-order valence-electron chi connectivity index (χ3n) is 8.12. The summed E-state index contributed by atoms with van der Waals surface area (Å²) < 4.78 is 2.37. The molecule has 6 nitrogen and oxygen atoms in total. The number of nitrogens with one attached hydrogen (secondary N) is 1. The molecule has 0 saturated carbocycles. The van der Waals surface area contributed by atoms with Crippen LogP contribution in [0.2, 0.25) is 0 Å². The predicted octanol–water partition coefficient (Wildman–Crippen LogP) is 7.38. The molecule has 4 aromatic heterocycles. The van der Waals surface area contributed by atoms with Crippen molar-refractivity contribution in [1.82, 2.24) is 24.4 Å². The molecule has 7 heteroatoms. The summed E-state index contributed by atoms with van der Waals surface area (Å²) in [7, 11) is 0. The van der Waals surface area contributed by atoms with Crippen molar-refractivity contribution >= 4 is 23.3 Å². The van der Waals surface area contributed by atoms with Gasteiger partial charge in [-0.2, -0.15) is 0 Å². The minimum Gasteiger partial charge on any atom is -0.350 e. The molecular formula is C35H32ClN5O. The van der Waals surface area contributed by atoms with Crippen molar-refractivity contribution in [3.63, 3.8) is 0 Å². The SMILES string of the molecule is Cl.O=c1[nH]ccc2nc(-c3ccc(CN4CCC(n5ccc(-c6ccccn6)c5)CC4)cc3)c(-c3ccccc3)cc12. The van der Waals surface area contributed by atoms with Crippen molar-refractivity contribution in [2.75, 3.05) is 13.1 Å². The maximum Gasteiger partial charge on any atom is 0.257 e. The number of H-pyrrole nitrogens is 1. The molecule has 42 heavy (non-hydrogen) atoms. The summed E-state index contributed by atoms with van der Waals surface area (Å²) in [5.74, 6) is 0. The molecule has 0 aliphatic carbocycles. The zero-order chi connectivity index (χ0) is 27.6. The van der Waals surface area contributed by atoms with Gasteiger partial charge >= 0.3 is 0 Å². The van der Waals surface area contributed by atoms with Gasteiger partial charge in [0.25, 0.3) is 5.56 Å². The maximum atomic E-state index is 12.5. The van der Waals surface area contributed by atoms with Crippen LogP contribution in [0.5, 0.6) is 0 Å². The van der Waals surface area contributed by atoms with Crippen molar-refractivity contribution in [3.8, 4) is 33.6 Å².